The van der Waals surface area contributed by atoms with Gasteiger partial charge in [0.1, 0.15) is 42.9 Å². The summed E-state index contributed by atoms with van der Waals surface area (Å²) in [6.45, 7) is 14.5. The maximum absolute atomic E-state index is 14.2. The Labute approximate surface area is 312 Å². The minimum absolute atomic E-state index is 0.0401. The summed E-state index contributed by atoms with van der Waals surface area (Å²) in [4.78, 5) is 87.3. The summed E-state index contributed by atoms with van der Waals surface area (Å²) in [6.07, 6.45) is 0.492. The fraction of sp³-hybridized carbons (Fsp3) is 0.550. The molecule has 2 aromatic rings. The van der Waals surface area contributed by atoms with Crippen molar-refractivity contribution in [3.05, 3.63) is 65.2 Å². The van der Waals surface area contributed by atoms with Gasteiger partial charge in [-0.3, -0.25) is 28.9 Å². The lowest BCUT2D eigenvalue weighted by atomic mass is 9.92. The summed E-state index contributed by atoms with van der Waals surface area (Å²) in [5.41, 5.74) is 2.40. The Morgan fingerprint density at radius 3 is 2.28 bits per heavy atom. The number of nitrogens with zero attached hydrogens (tertiary/aromatic N) is 4. The number of anilines is 1. The van der Waals surface area contributed by atoms with Gasteiger partial charge in [-0.2, -0.15) is 0 Å². The van der Waals surface area contributed by atoms with E-state index in [1.165, 1.54) is 26.6 Å². The van der Waals surface area contributed by atoms with Crippen LogP contribution in [0.1, 0.15) is 78.0 Å². The molecule has 2 aliphatic heterocycles. The van der Waals surface area contributed by atoms with E-state index in [0.717, 1.165) is 16.7 Å². The van der Waals surface area contributed by atoms with Gasteiger partial charge in [0.2, 0.25) is 17.7 Å². The van der Waals surface area contributed by atoms with Gasteiger partial charge in [-0.15, -0.1) is 0 Å². The normalized spacial score (nSPS) is 18.5. The molecule has 0 saturated carbocycles. The van der Waals surface area contributed by atoms with Crippen molar-refractivity contribution in [1.29, 1.82) is 0 Å². The van der Waals surface area contributed by atoms with Gasteiger partial charge in [0, 0.05) is 32.2 Å². The second kappa shape index (κ2) is 17.3. The smallest absolute Gasteiger partial charge is 0.408 e. The third kappa shape index (κ3) is 9.74. The van der Waals surface area contributed by atoms with Gasteiger partial charge in [0.25, 0.3) is 5.91 Å². The maximum Gasteiger partial charge on any atom is 0.408 e. The Kier molecular flexibility index (Phi) is 13.3. The molecule has 13 heteroatoms. The lowest BCUT2D eigenvalue weighted by Gasteiger charge is -2.46. The lowest BCUT2D eigenvalue weighted by molar-refractivity contribution is -0.159. The first-order valence-electron chi connectivity index (χ1n) is 18.4. The van der Waals surface area contributed by atoms with Crippen molar-refractivity contribution in [3.8, 4) is 0 Å². The van der Waals surface area contributed by atoms with Crippen LogP contribution in [-0.4, -0.2) is 107 Å². The van der Waals surface area contributed by atoms with E-state index < -0.39 is 59.6 Å². The number of amides is 5. The Hall–Kier alpha value is -4.94. The number of fused-ring (bicyclic) bond motifs is 1. The number of hydrogen-bond donors (Lipinski definition) is 1. The number of benzene rings is 2. The van der Waals surface area contributed by atoms with Crippen LogP contribution >= 0.6 is 0 Å². The fourth-order valence-electron chi connectivity index (χ4n) is 6.62. The van der Waals surface area contributed by atoms with E-state index >= 15 is 0 Å². The van der Waals surface area contributed by atoms with E-state index in [2.05, 4.69) is 5.32 Å². The van der Waals surface area contributed by atoms with Crippen molar-refractivity contribution < 1.29 is 38.2 Å². The molecule has 0 spiro atoms. The molecule has 2 aliphatic rings. The summed E-state index contributed by atoms with van der Waals surface area (Å²) in [7, 11) is 1.51. The highest BCUT2D eigenvalue weighted by molar-refractivity contribution is 6.05. The highest BCUT2D eigenvalue weighted by atomic mass is 16.6. The number of hydrogen-bond acceptors (Lipinski definition) is 8. The number of carbonyl (C=O) groups is 6. The highest BCUT2D eigenvalue weighted by Crippen LogP contribution is 2.33. The predicted molar refractivity (Wildman–Crippen MR) is 200 cm³/mol. The number of likely N-dealkylation sites (tertiary alicyclic amines) is 1. The van der Waals surface area contributed by atoms with Gasteiger partial charge >= 0.3 is 12.1 Å². The zero-order valence-corrected chi connectivity index (χ0v) is 32.5. The second-order valence-corrected chi connectivity index (χ2v) is 15.0. The summed E-state index contributed by atoms with van der Waals surface area (Å²) in [6, 6.07) is 11.3. The molecule has 1 N–H and O–H groups in total. The molecular formula is C40H55N5O8. The van der Waals surface area contributed by atoms with Crippen molar-refractivity contribution in [2.75, 3.05) is 31.6 Å². The van der Waals surface area contributed by atoms with Crippen molar-refractivity contribution in [2.24, 2.45) is 5.92 Å². The van der Waals surface area contributed by atoms with Crippen LogP contribution < -0.4 is 10.2 Å². The Morgan fingerprint density at radius 2 is 1.70 bits per heavy atom. The SMILES string of the molecule is CC[C@H](C)[C@H](NC(=O)OCc1ccccc1)C(=O)N(C)[C@@H](C)C(=O)N1CC[C@H]1C(=O)N(CC)[C@H]1Cc2ccc(C)cc2N(CC(=O)OC(C)(C)C)C1=O. The third-order valence-electron chi connectivity index (χ3n) is 10.0. The predicted octanol–water partition coefficient (Wildman–Crippen LogP) is 4.23. The number of aryl methyl sites for hydroxylation is 1. The van der Waals surface area contributed by atoms with E-state index in [4.69, 9.17) is 9.47 Å². The average Bonchev–Trinajstić information content (AvgIpc) is 3.09. The van der Waals surface area contributed by atoms with E-state index in [1.54, 1.807) is 34.6 Å². The first-order valence-corrected chi connectivity index (χ1v) is 18.4. The Morgan fingerprint density at radius 1 is 1.02 bits per heavy atom. The minimum Gasteiger partial charge on any atom is -0.459 e. The van der Waals surface area contributed by atoms with E-state index in [9.17, 15) is 28.8 Å². The van der Waals surface area contributed by atoms with Gasteiger partial charge in [-0.25, -0.2) is 4.79 Å². The Bertz CT molecular complexity index is 1670. The molecule has 288 valence electrons. The molecule has 2 aromatic carbocycles. The topological polar surface area (TPSA) is 146 Å². The van der Waals surface area contributed by atoms with Crippen molar-refractivity contribution in [1.82, 2.24) is 20.0 Å². The fourth-order valence-corrected chi connectivity index (χ4v) is 6.62. The van der Waals surface area contributed by atoms with Gasteiger partial charge < -0.3 is 29.5 Å². The van der Waals surface area contributed by atoms with Crippen LogP contribution in [0, 0.1) is 12.8 Å². The van der Waals surface area contributed by atoms with Gasteiger partial charge in [-0.05, 0) is 76.6 Å². The first kappa shape index (κ1) is 40.8. The second-order valence-electron chi connectivity index (χ2n) is 15.0. The number of ether oxygens (including phenoxy) is 2. The van der Waals surface area contributed by atoms with Crippen LogP contribution in [0.25, 0.3) is 0 Å². The zero-order valence-electron chi connectivity index (χ0n) is 32.5. The van der Waals surface area contributed by atoms with Gasteiger partial charge in [0.05, 0.1) is 0 Å². The van der Waals surface area contributed by atoms with E-state index in [0.29, 0.717) is 25.1 Å². The number of esters is 1. The monoisotopic (exact) mass is 733 g/mol. The lowest BCUT2D eigenvalue weighted by Crippen LogP contribution is -2.66. The van der Waals surface area contributed by atoms with E-state index in [1.807, 2.05) is 69.3 Å². The van der Waals surface area contributed by atoms with E-state index in [-0.39, 0.29) is 37.9 Å². The van der Waals surface area contributed by atoms with Crippen LogP contribution in [-0.2, 0) is 46.5 Å². The zero-order chi connectivity index (χ0) is 39.2. The summed E-state index contributed by atoms with van der Waals surface area (Å²) < 4.78 is 10.9. The van der Waals surface area contributed by atoms with Crippen molar-refractivity contribution in [3.63, 3.8) is 0 Å². The number of likely N-dealkylation sites (N-methyl/N-ethyl adjacent to an activating group) is 2. The van der Waals surface area contributed by atoms with Gasteiger partial charge in [0.15, 0.2) is 0 Å². The largest absolute Gasteiger partial charge is 0.459 e. The molecule has 4 rings (SSSR count). The van der Waals surface area contributed by atoms with Crippen molar-refractivity contribution >= 4 is 41.4 Å². The summed E-state index contributed by atoms with van der Waals surface area (Å²) in [5.74, 6) is -2.47. The molecular weight excluding hydrogens is 678 g/mol. The molecule has 2 heterocycles. The molecule has 5 atom stereocenters. The minimum atomic E-state index is -0.947. The number of rotatable bonds is 13. The summed E-state index contributed by atoms with van der Waals surface area (Å²) in [5, 5.41) is 2.69. The van der Waals surface area contributed by atoms with Crippen LogP contribution in [0.15, 0.2) is 48.5 Å². The van der Waals surface area contributed by atoms with Crippen molar-refractivity contribution in [2.45, 2.75) is 111 Å². The molecule has 0 radical (unpaired) electrons. The molecule has 0 unspecified atom stereocenters. The molecule has 1 fully saturated rings. The quantitative estimate of drug-likeness (QED) is 0.301. The van der Waals surface area contributed by atoms with Crippen LogP contribution in [0.2, 0.25) is 0 Å². The third-order valence-corrected chi connectivity index (χ3v) is 10.0. The molecule has 53 heavy (non-hydrogen) atoms. The highest BCUT2D eigenvalue weighted by Gasteiger charge is 2.47. The van der Waals surface area contributed by atoms with Crippen LogP contribution in [0.3, 0.4) is 0 Å². The Balaban J connectivity index is 1.46. The number of alkyl carbamates (subject to hydrolysis) is 1. The molecule has 0 aromatic heterocycles. The number of nitrogens with one attached hydrogen (secondary N) is 1. The number of carbonyl (C=O) groups excluding carboxylic acids is 6. The molecule has 1 saturated heterocycles. The molecule has 13 nitrogen and oxygen atoms in total. The average molecular weight is 734 g/mol. The summed E-state index contributed by atoms with van der Waals surface area (Å²) >= 11 is 0. The maximum atomic E-state index is 14.2. The molecule has 5 amide bonds. The first-order chi connectivity index (χ1) is 25.0. The standard InChI is InChI=1S/C40H55N5O8/c1-10-26(4)34(41-39(51)52-24-28-15-13-12-14-16-28)38(50)42(9)27(5)35(47)44-20-19-30(44)36(48)43(11-2)32-22-29-18-17-25(3)21-31(29)45(37(32)49)23-33(46)53-40(6,7)8/h12-18,21,26-27,30,32,34H,10-11,19-20,22-24H2,1-9H3,(H,41,51)/t26-,27-,30-,32-,34-/m0/s1. The van der Waals surface area contributed by atoms with Crippen LogP contribution in [0.5, 0.6) is 0 Å². The van der Waals surface area contributed by atoms with Crippen LogP contribution in [0.4, 0.5) is 10.5 Å². The molecule has 0 bridgehead atoms. The van der Waals surface area contributed by atoms with Gasteiger partial charge in [-0.1, -0.05) is 62.7 Å². The molecule has 0 aliphatic carbocycles.